The zero-order valence-electron chi connectivity index (χ0n) is 9.48. The van der Waals surface area contributed by atoms with Gasteiger partial charge in [0, 0.05) is 30.6 Å². The number of aliphatic hydroxyl groups is 1. The molecule has 0 saturated carbocycles. The molecule has 90 valence electrons. The minimum absolute atomic E-state index is 0.251. The Hall–Kier alpha value is -0.490. The topological polar surface area (TPSA) is 68.4 Å². The van der Waals surface area contributed by atoms with Crippen LogP contribution in [0.4, 0.5) is 0 Å². The molecule has 1 aromatic rings. The van der Waals surface area contributed by atoms with Crippen molar-refractivity contribution in [3.05, 3.63) is 16.1 Å². The molecule has 2 rings (SSSR count). The second-order valence-corrected chi connectivity index (χ2v) is 5.44. The second kappa shape index (κ2) is 4.79. The third-order valence-electron chi connectivity index (χ3n) is 3.39. The second-order valence-electron chi connectivity index (χ2n) is 4.37. The van der Waals surface area contributed by atoms with E-state index < -0.39 is 6.10 Å². The lowest BCUT2D eigenvalue weighted by Gasteiger charge is -2.39. The molecule has 1 aliphatic heterocycles. The van der Waals surface area contributed by atoms with Gasteiger partial charge in [0.2, 0.25) is 0 Å². The molecule has 16 heavy (non-hydrogen) atoms. The van der Waals surface area contributed by atoms with Crippen molar-refractivity contribution in [1.29, 1.82) is 0 Å². The van der Waals surface area contributed by atoms with E-state index in [2.05, 4.69) is 4.98 Å². The van der Waals surface area contributed by atoms with Crippen LogP contribution in [0.15, 0.2) is 5.38 Å². The molecule has 0 amide bonds. The molecule has 0 aliphatic carbocycles. The Morgan fingerprint density at radius 3 is 2.81 bits per heavy atom. The molecule has 0 bridgehead atoms. The first-order valence-corrected chi connectivity index (χ1v) is 6.44. The Morgan fingerprint density at radius 1 is 1.62 bits per heavy atom. The lowest BCUT2D eigenvalue weighted by Crippen LogP contribution is -2.41. The third-order valence-corrected chi connectivity index (χ3v) is 4.18. The molecular weight excluding hydrogens is 224 g/mol. The Balaban J connectivity index is 2.20. The smallest absolute Gasteiger partial charge is 0.104 e. The zero-order chi connectivity index (χ0) is 11.6. The van der Waals surface area contributed by atoms with Gasteiger partial charge in [-0.15, -0.1) is 11.3 Å². The molecule has 0 aromatic carbocycles. The quantitative estimate of drug-likeness (QED) is 0.837. The third kappa shape index (κ3) is 2.13. The molecule has 1 fully saturated rings. The van der Waals surface area contributed by atoms with Crippen LogP contribution in [0.3, 0.4) is 0 Å². The fourth-order valence-electron chi connectivity index (χ4n) is 2.19. The van der Waals surface area contributed by atoms with E-state index in [1.54, 1.807) is 11.3 Å². The standard InChI is InChI=1S/C11H18N2O2S/c1-8-13-9(6-16-8)10(14)11(7-12)2-4-15-5-3-11/h6,10,14H,2-5,7,12H2,1H3. The average Bonchev–Trinajstić information content (AvgIpc) is 2.76. The van der Waals surface area contributed by atoms with E-state index in [4.69, 9.17) is 10.5 Å². The number of ether oxygens (including phenoxy) is 1. The highest BCUT2D eigenvalue weighted by atomic mass is 32.1. The van der Waals surface area contributed by atoms with Gasteiger partial charge < -0.3 is 15.6 Å². The maximum Gasteiger partial charge on any atom is 0.104 e. The fraction of sp³-hybridized carbons (Fsp3) is 0.727. The van der Waals surface area contributed by atoms with Crippen LogP contribution in [0.25, 0.3) is 0 Å². The van der Waals surface area contributed by atoms with Crippen molar-refractivity contribution in [1.82, 2.24) is 4.98 Å². The monoisotopic (exact) mass is 242 g/mol. The number of nitrogens with zero attached hydrogens (tertiary/aromatic N) is 1. The van der Waals surface area contributed by atoms with Crippen molar-refractivity contribution < 1.29 is 9.84 Å². The Kier molecular flexibility index (Phi) is 3.59. The van der Waals surface area contributed by atoms with Crippen LogP contribution < -0.4 is 5.73 Å². The maximum atomic E-state index is 10.4. The van der Waals surface area contributed by atoms with Crippen LogP contribution in [0.5, 0.6) is 0 Å². The molecule has 0 spiro atoms. The van der Waals surface area contributed by atoms with E-state index in [0.717, 1.165) is 23.5 Å². The molecule has 0 radical (unpaired) electrons. The van der Waals surface area contributed by atoms with Crippen molar-refractivity contribution in [2.24, 2.45) is 11.1 Å². The molecule has 5 heteroatoms. The zero-order valence-corrected chi connectivity index (χ0v) is 10.3. The van der Waals surface area contributed by atoms with E-state index in [-0.39, 0.29) is 5.41 Å². The largest absolute Gasteiger partial charge is 0.386 e. The van der Waals surface area contributed by atoms with Crippen LogP contribution in [-0.2, 0) is 4.74 Å². The van der Waals surface area contributed by atoms with Crippen LogP contribution in [0, 0.1) is 12.3 Å². The van der Waals surface area contributed by atoms with Gasteiger partial charge in [0.25, 0.3) is 0 Å². The number of aromatic nitrogens is 1. The van der Waals surface area contributed by atoms with Crippen molar-refractivity contribution >= 4 is 11.3 Å². The molecule has 1 atom stereocenters. The van der Waals surface area contributed by atoms with Crippen LogP contribution in [0.2, 0.25) is 0 Å². The summed E-state index contributed by atoms with van der Waals surface area (Å²) >= 11 is 1.56. The van der Waals surface area contributed by atoms with Gasteiger partial charge in [0.15, 0.2) is 0 Å². The molecule has 1 saturated heterocycles. The lowest BCUT2D eigenvalue weighted by molar-refractivity contribution is -0.0595. The Bertz CT molecular complexity index is 348. The molecule has 2 heterocycles. The summed E-state index contributed by atoms with van der Waals surface area (Å²) in [5.41, 5.74) is 6.35. The Morgan fingerprint density at radius 2 is 2.31 bits per heavy atom. The van der Waals surface area contributed by atoms with Crippen LogP contribution >= 0.6 is 11.3 Å². The van der Waals surface area contributed by atoms with E-state index >= 15 is 0 Å². The van der Waals surface area contributed by atoms with Crippen molar-refractivity contribution in [3.63, 3.8) is 0 Å². The van der Waals surface area contributed by atoms with E-state index in [9.17, 15) is 5.11 Å². The molecule has 1 aromatic heterocycles. The van der Waals surface area contributed by atoms with Gasteiger partial charge in [-0.2, -0.15) is 0 Å². The predicted octanol–water partition coefficient (Wildman–Crippen LogP) is 1.24. The van der Waals surface area contributed by atoms with Crippen molar-refractivity contribution in [2.75, 3.05) is 19.8 Å². The predicted molar refractivity (Wildman–Crippen MR) is 63.4 cm³/mol. The van der Waals surface area contributed by atoms with Crippen molar-refractivity contribution in [3.8, 4) is 0 Å². The van der Waals surface area contributed by atoms with Gasteiger partial charge in [-0.1, -0.05) is 0 Å². The molecular formula is C11H18N2O2S. The summed E-state index contributed by atoms with van der Waals surface area (Å²) in [7, 11) is 0. The van der Waals surface area contributed by atoms with Gasteiger partial charge in [-0.25, -0.2) is 4.98 Å². The van der Waals surface area contributed by atoms with Gasteiger partial charge in [-0.05, 0) is 19.8 Å². The fourth-order valence-corrected chi connectivity index (χ4v) is 2.82. The molecule has 3 N–H and O–H groups in total. The number of hydrogen-bond donors (Lipinski definition) is 2. The van der Waals surface area contributed by atoms with E-state index in [1.165, 1.54) is 0 Å². The summed E-state index contributed by atoms with van der Waals surface area (Å²) < 4.78 is 5.33. The lowest BCUT2D eigenvalue weighted by atomic mass is 9.74. The summed E-state index contributed by atoms with van der Waals surface area (Å²) in [5.74, 6) is 0. The van der Waals surface area contributed by atoms with E-state index in [1.807, 2.05) is 12.3 Å². The summed E-state index contributed by atoms with van der Waals surface area (Å²) in [5, 5.41) is 13.3. The maximum absolute atomic E-state index is 10.4. The number of rotatable bonds is 3. The van der Waals surface area contributed by atoms with Gasteiger partial charge in [0.1, 0.15) is 6.10 Å². The first-order chi connectivity index (χ1) is 7.68. The van der Waals surface area contributed by atoms with Gasteiger partial charge >= 0.3 is 0 Å². The van der Waals surface area contributed by atoms with Crippen LogP contribution in [0.1, 0.15) is 29.6 Å². The van der Waals surface area contributed by atoms with E-state index in [0.29, 0.717) is 19.8 Å². The highest BCUT2D eigenvalue weighted by Crippen LogP contribution is 2.41. The molecule has 1 aliphatic rings. The summed E-state index contributed by atoms with van der Waals surface area (Å²) in [4.78, 5) is 4.35. The summed E-state index contributed by atoms with van der Waals surface area (Å²) in [6.07, 6.45) is 1.05. The highest BCUT2D eigenvalue weighted by Gasteiger charge is 2.40. The van der Waals surface area contributed by atoms with Crippen LogP contribution in [-0.4, -0.2) is 29.8 Å². The normalized spacial score (nSPS) is 21.9. The first kappa shape index (κ1) is 12.0. The Labute approximate surface area is 99.5 Å². The number of nitrogens with two attached hydrogens (primary N) is 1. The number of thiazole rings is 1. The SMILES string of the molecule is Cc1nc(C(O)C2(CN)CCOCC2)cs1. The summed E-state index contributed by atoms with van der Waals surface area (Å²) in [6, 6.07) is 0. The molecule has 4 nitrogen and oxygen atoms in total. The minimum atomic E-state index is -0.564. The van der Waals surface area contributed by atoms with Gasteiger partial charge in [-0.3, -0.25) is 0 Å². The van der Waals surface area contributed by atoms with Crippen molar-refractivity contribution in [2.45, 2.75) is 25.9 Å². The van der Waals surface area contributed by atoms with Gasteiger partial charge in [0.05, 0.1) is 10.7 Å². The number of hydrogen-bond acceptors (Lipinski definition) is 5. The summed E-state index contributed by atoms with van der Waals surface area (Å²) in [6.45, 7) is 3.78. The average molecular weight is 242 g/mol. The first-order valence-electron chi connectivity index (χ1n) is 5.56. The number of aryl methyl sites for hydroxylation is 1. The highest BCUT2D eigenvalue weighted by molar-refractivity contribution is 7.09. The number of aliphatic hydroxyl groups excluding tert-OH is 1. The molecule has 1 unspecified atom stereocenters. The minimum Gasteiger partial charge on any atom is -0.386 e.